The minimum absolute atomic E-state index is 0.204. The molecule has 3 nitrogen and oxygen atoms in total. The molecule has 0 aliphatic heterocycles. The zero-order chi connectivity index (χ0) is 11.5. The smallest absolute Gasteiger partial charge is 0.200 e. The zero-order valence-corrected chi connectivity index (χ0v) is 8.13. The molecule has 0 radical (unpaired) electrons. The molecule has 0 aromatic heterocycles. The van der Waals surface area contributed by atoms with E-state index in [2.05, 4.69) is 0 Å². The third-order valence-corrected chi connectivity index (χ3v) is 1.70. The van der Waals surface area contributed by atoms with E-state index in [9.17, 15) is 8.78 Å². The number of hydrogen-bond donors (Lipinski definition) is 1. The molecule has 2 N–H and O–H groups in total. The van der Waals surface area contributed by atoms with Gasteiger partial charge < -0.3 is 10.5 Å². The van der Waals surface area contributed by atoms with Crippen molar-refractivity contribution in [2.24, 2.45) is 5.73 Å². The Balaban J connectivity index is 2.75. The maximum absolute atomic E-state index is 13.1. The summed E-state index contributed by atoms with van der Waals surface area (Å²) in [7, 11) is 0. The third-order valence-electron chi connectivity index (χ3n) is 1.70. The Morgan fingerprint density at radius 3 is 2.80 bits per heavy atom. The number of hydrogen-bond acceptors (Lipinski definition) is 3. The molecule has 0 saturated heterocycles. The number of nitrogens with two attached hydrogens (primary N) is 1. The Kier molecular flexibility index (Phi) is 3.22. The van der Waals surface area contributed by atoms with Gasteiger partial charge in [-0.2, -0.15) is 9.65 Å². The van der Waals surface area contributed by atoms with Crippen LogP contribution in [0.5, 0.6) is 5.75 Å². The average molecular weight is 212 g/mol. The minimum atomic E-state index is -1.22. The van der Waals surface area contributed by atoms with Gasteiger partial charge in [0.05, 0.1) is 6.07 Å². The summed E-state index contributed by atoms with van der Waals surface area (Å²) in [5, 5.41) is 8.57. The molecule has 5 heteroatoms. The van der Waals surface area contributed by atoms with E-state index >= 15 is 0 Å². The fourth-order valence-electron chi connectivity index (χ4n) is 0.855. The molecule has 0 amide bonds. The molecule has 1 aromatic carbocycles. The molecule has 0 heterocycles. The van der Waals surface area contributed by atoms with Crippen molar-refractivity contribution in [2.75, 3.05) is 6.61 Å². The highest BCUT2D eigenvalue weighted by Crippen LogP contribution is 2.19. The van der Waals surface area contributed by atoms with Gasteiger partial charge >= 0.3 is 0 Å². The Morgan fingerprint density at radius 2 is 2.20 bits per heavy atom. The van der Waals surface area contributed by atoms with Gasteiger partial charge in [0, 0.05) is 0 Å². The summed E-state index contributed by atoms with van der Waals surface area (Å²) in [4.78, 5) is 0. The van der Waals surface area contributed by atoms with E-state index in [0.29, 0.717) is 0 Å². The summed E-state index contributed by atoms with van der Waals surface area (Å²) in [6.07, 6.45) is 0. The summed E-state index contributed by atoms with van der Waals surface area (Å²) in [6, 6.07) is 5.35. The molecule has 1 unspecified atom stereocenters. The number of rotatable bonds is 3. The van der Waals surface area contributed by atoms with E-state index < -0.39 is 17.2 Å². The van der Waals surface area contributed by atoms with Gasteiger partial charge in [-0.1, -0.05) is 6.07 Å². The van der Waals surface area contributed by atoms with Gasteiger partial charge in [-0.15, -0.1) is 0 Å². The number of nitriles is 1. The number of benzene rings is 1. The quantitative estimate of drug-likeness (QED) is 0.827. The molecule has 0 spiro atoms. The third kappa shape index (κ3) is 2.89. The fourth-order valence-corrected chi connectivity index (χ4v) is 0.855. The second kappa shape index (κ2) is 4.24. The van der Waals surface area contributed by atoms with E-state index in [4.69, 9.17) is 15.7 Å². The van der Waals surface area contributed by atoms with Gasteiger partial charge in [0.1, 0.15) is 12.1 Å². The first-order valence-corrected chi connectivity index (χ1v) is 4.23. The molecule has 0 aliphatic carbocycles. The first kappa shape index (κ1) is 11.4. The first-order chi connectivity index (χ1) is 6.96. The van der Waals surface area contributed by atoms with Crippen LogP contribution in [-0.2, 0) is 0 Å². The van der Waals surface area contributed by atoms with Crippen molar-refractivity contribution in [1.29, 1.82) is 5.26 Å². The lowest BCUT2D eigenvalue weighted by atomic mass is 10.1. The van der Waals surface area contributed by atoms with Crippen LogP contribution < -0.4 is 10.5 Å². The molecule has 1 atom stereocenters. The monoisotopic (exact) mass is 212 g/mol. The van der Waals surface area contributed by atoms with E-state index in [1.54, 1.807) is 6.07 Å². The van der Waals surface area contributed by atoms with Crippen molar-refractivity contribution < 1.29 is 13.5 Å². The molecule has 1 rings (SSSR count). The highest BCUT2D eigenvalue weighted by Gasteiger charge is 2.19. The lowest BCUT2D eigenvalue weighted by Gasteiger charge is -2.16. The Labute approximate surface area is 86.1 Å². The Bertz CT molecular complexity index is 399. The molecule has 0 aliphatic rings. The summed E-state index contributed by atoms with van der Waals surface area (Å²) in [5.74, 6) is -2.32. The SMILES string of the molecule is CC(N)(C#N)COc1cccc(F)c1F. The van der Waals surface area contributed by atoms with Crippen molar-refractivity contribution >= 4 is 0 Å². The first-order valence-electron chi connectivity index (χ1n) is 4.23. The minimum Gasteiger partial charge on any atom is -0.487 e. The van der Waals surface area contributed by atoms with Gasteiger partial charge in [-0.05, 0) is 19.1 Å². The fraction of sp³-hybridized carbons (Fsp3) is 0.300. The maximum Gasteiger partial charge on any atom is 0.200 e. The van der Waals surface area contributed by atoms with Crippen molar-refractivity contribution in [3.05, 3.63) is 29.8 Å². The van der Waals surface area contributed by atoms with Crippen LogP contribution in [0.15, 0.2) is 18.2 Å². The van der Waals surface area contributed by atoms with Crippen molar-refractivity contribution in [3.63, 3.8) is 0 Å². The predicted octanol–water partition coefficient (Wildman–Crippen LogP) is 1.58. The molecule has 80 valence electrons. The van der Waals surface area contributed by atoms with Gasteiger partial charge in [-0.3, -0.25) is 0 Å². The maximum atomic E-state index is 13.1. The lowest BCUT2D eigenvalue weighted by Crippen LogP contribution is -2.40. The van der Waals surface area contributed by atoms with Crippen LogP contribution >= 0.6 is 0 Å². The molecular weight excluding hydrogens is 202 g/mol. The van der Waals surface area contributed by atoms with Crippen LogP contribution in [0.4, 0.5) is 8.78 Å². The second-order valence-corrected chi connectivity index (χ2v) is 3.37. The lowest BCUT2D eigenvalue weighted by molar-refractivity contribution is 0.250. The largest absolute Gasteiger partial charge is 0.487 e. The summed E-state index contributed by atoms with van der Waals surface area (Å²) in [6.45, 7) is 1.23. The van der Waals surface area contributed by atoms with Gasteiger partial charge in [0.15, 0.2) is 11.6 Å². The molecule has 15 heavy (non-hydrogen) atoms. The van der Waals surface area contributed by atoms with Crippen LogP contribution in [0, 0.1) is 23.0 Å². The zero-order valence-electron chi connectivity index (χ0n) is 8.13. The predicted molar refractivity (Wildman–Crippen MR) is 50.1 cm³/mol. The van der Waals surface area contributed by atoms with Crippen molar-refractivity contribution in [1.82, 2.24) is 0 Å². The summed E-state index contributed by atoms with van der Waals surface area (Å²) < 4.78 is 30.7. The van der Waals surface area contributed by atoms with E-state index in [0.717, 1.165) is 6.07 Å². The van der Waals surface area contributed by atoms with Gasteiger partial charge in [0.2, 0.25) is 5.82 Å². The van der Waals surface area contributed by atoms with Gasteiger partial charge in [-0.25, -0.2) is 4.39 Å². The van der Waals surface area contributed by atoms with Crippen LogP contribution in [0.25, 0.3) is 0 Å². The summed E-state index contributed by atoms with van der Waals surface area (Å²) in [5.41, 5.74) is 4.23. The molecule has 0 fully saturated rings. The van der Waals surface area contributed by atoms with E-state index in [1.807, 2.05) is 0 Å². The van der Waals surface area contributed by atoms with Crippen LogP contribution in [0.1, 0.15) is 6.92 Å². The number of nitrogens with zero attached hydrogens (tertiary/aromatic N) is 1. The number of ether oxygens (including phenoxy) is 1. The van der Waals surface area contributed by atoms with Crippen LogP contribution in [-0.4, -0.2) is 12.1 Å². The molecular formula is C10H10F2N2O. The Hall–Kier alpha value is -1.67. The average Bonchev–Trinajstić information content (AvgIpc) is 2.20. The van der Waals surface area contributed by atoms with E-state index in [-0.39, 0.29) is 12.4 Å². The normalized spacial score (nSPS) is 14.1. The topological polar surface area (TPSA) is 59.0 Å². The molecule has 1 aromatic rings. The van der Waals surface area contributed by atoms with Crippen molar-refractivity contribution in [3.8, 4) is 11.8 Å². The van der Waals surface area contributed by atoms with E-state index in [1.165, 1.54) is 19.1 Å². The Morgan fingerprint density at radius 1 is 1.53 bits per heavy atom. The second-order valence-electron chi connectivity index (χ2n) is 3.37. The van der Waals surface area contributed by atoms with Crippen LogP contribution in [0.2, 0.25) is 0 Å². The van der Waals surface area contributed by atoms with Crippen LogP contribution in [0.3, 0.4) is 0 Å². The molecule has 0 bridgehead atoms. The summed E-state index contributed by atoms with van der Waals surface area (Å²) >= 11 is 0. The highest BCUT2D eigenvalue weighted by atomic mass is 19.2. The molecule has 0 saturated carbocycles. The van der Waals surface area contributed by atoms with Gasteiger partial charge in [0.25, 0.3) is 0 Å². The van der Waals surface area contributed by atoms with Crippen molar-refractivity contribution in [2.45, 2.75) is 12.5 Å². The highest BCUT2D eigenvalue weighted by molar-refractivity contribution is 5.25. The standard InChI is InChI=1S/C10H10F2N2O/c1-10(14,5-13)6-15-8-4-2-3-7(11)9(8)12/h2-4H,6,14H2,1H3. The number of halogens is 2.